The van der Waals surface area contributed by atoms with Gasteiger partial charge in [0.1, 0.15) is 11.5 Å². The Bertz CT molecular complexity index is 808. The Labute approximate surface area is 147 Å². The van der Waals surface area contributed by atoms with Crippen molar-refractivity contribution in [3.63, 3.8) is 0 Å². The second kappa shape index (κ2) is 7.63. The number of nitrogens with zero attached hydrogens (tertiary/aromatic N) is 3. The van der Waals surface area contributed by atoms with E-state index in [4.69, 9.17) is 4.74 Å². The largest absolute Gasteiger partial charge is 0.379 e. The van der Waals surface area contributed by atoms with E-state index >= 15 is 0 Å². The monoisotopic (exact) mass is 337 g/mol. The number of hydrogen-bond donors (Lipinski definition) is 2. The van der Waals surface area contributed by atoms with Gasteiger partial charge in [-0.25, -0.2) is 9.97 Å². The average Bonchev–Trinajstić information content (AvgIpc) is 3.07. The molecule has 4 rings (SSSR count). The van der Waals surface area contributed by atoms with Crippen molar-refractivity contribution in [3.05, 3.63) is 54.0 Å². The summed E-state index contributed by atoms with van der Waals surface area (Å²) in [5.74, 6) is 0.928. The van der Waals surface area contributed by atoms with Gasteiger partial charge in [0.25, 0.3) is 0 Å². The van der Waals surface area contributed by atoms with E-state index in [1.807, 2.05) is 24.7 Å². The number of nitrogens with one attached hydrogen (secondary N) is 2. The van der Waals surface area contributed by atoms with Crippen LogP contribution in [0, 0.1) is 0 Å². The third-order valence-electron chi connectivity index (χ3n) is 4.59. The van der Waals surface area contributed by atoms with Crippen molar-refractivity contribution >= 4 is 16.9 Å². The molecular weight excluding hydrogens is 314 g/mol. The maximum atomic E-state index is 5.37. The second-order valence-electron chi connectivity index (χ2n) is 6.32. The highest BCUT2D eigenvalue weighted by molar-refractivity contribution is 5.79. The molecule has 0 aliphatic carbocycles. The molecule has 0 bridgehead atoms. The van der Waals surface area contributed by atoms with Crippen LogP contribution < -0.4 is 5.32 Å². The number of fused-ring (bicyclic) bond motifs is 1. The smallest absolute Gasteiger partial charge is 0.137 e. The van der Waals surface area contributed by atoms with Gasteiger partial charge in [-0.15, -0.1) is 0 Å². The molecule has 6 heteroatoms. The molecule has 25 heavy (non-hydrogen) atoms. The molecule has 1 aliphatic heterocycles. The minimum Gasteiger partial charge on any atom is -0.379 e. The zero-order valence-corrected chi connectivity index (χ0v) is 14.2. The van der Waals surface area contributed by atoms with Crippen molar-refractivity contribution in [2.24, 2.45) is 0 Å². The highest BCUT2D eigenvalue weighted by Gasteiger charge is 2.09. The molecule has 130 valence electrons. The molecular formula is C19H23N5O. The average molecular weight is 337 g/mol. The molecule has 0 amide bonds. The van der Waals surface area contributed by atoms with Crippen LogP contribution in [0.15, 0.2) is 42.9 Å². The minimum atomic E-state index is 0.844. The van der Waals surface area contributed by atoms with Crippen LogP contribution in [-0.4, -0.2) is 59.2 Å². The van der Waals surface area contributed by atoms with Crippen LogP contribution in [0.4, 0.5) is 5.82 Å². The Balaban J connectivity index is 1.32. The Hall–Kier alpha value is -2.44. The molecule has 0 unspecified atom stereocenters. The topological polar surface area (TPSA) is 66.1 Å². The van der Waals surface area contributed by atoms with Crippen molar-refractivity contribution in [1.82, 2.24) is 19.9 Å². The lowest BCUT2D eigenvalue weighted by molar-refractivity contribution is 0.0398. The lowest BCUT2D eigenvalue weighted by Gasteiger charge is -2.26. The number of ether oxygens (including phenoxy) is 1. The van der Waals surface area contributed by atoms with Gasteiger partial charge in [0.15, 0.2) is 0 Å². The summed E-state index contributed by atoms with van der Waals surface area (Å²) >= 11 is 0. The quantitative estimate of drug-likeness (QED) is 0.722. The molecule has 0 saturated carbocycles. The lowest BCUT2D eigenvalue weighted by Crippen LogP contribution is -2.39. The minimum absolute atomic E-state index is 0.844. The molecule has 0 atom stereocenters. The molecule has 0 spiro atoms. The number of aromatic amines is 1. The number of morpholine rings is 1. The van der Waals surface area contributed by atoms with Crippen molar-refractivity contribution in [1.29, 1.82) is 0 Å². The number of anilines is 1. The fourth-order valence-corrected chi connectivity index (χ4v) is 3.18. The molecule has 2 N–H and O–H groups in total. The maximum absolute atomic E-state index is 5.37. The third kappa shape index (κ3) is 3.97. The van der Waals surface area contributed by atoms with E-state index in [9.17, 15) is 0 Å². The van der Waals surface area contributed by atoms with Crippen molar-refractivity contribution < 1.29 is 4.74 Å². The molecule has 1 saturated heterocycles. The highest BCUT2D eigenvalue weighted by atomic mass is 16.5. The zero-order chi connectivity index (χ0) is 16.9. The van der Waals surface area contributed by atoms with Crippen molar-refractivity contribution in [3.8, 4) is 0 Å². The van der Waals surface area contributed by atoms with Crippen LogP contribution in [-0.2, 0) is 11.2 Å². The first-order chi connectivity index (χ1) is 12.4. The van der Waals surface area contributed by atoms with E-state index in [0.717, 1.165) is 57.3 Å². The third-order valence-corrected chi connectivity index (χ3v) is 4.59. The van der Waals surface area contributed by atoms with Gasteiger partial charge in [-0.1, -0.05) is 6.07 Å². The first kappa shape index (κ1) is 16.1. The summed E-state index contributed by atoms with van der Waals surface area (Å²) < 4.78 is 5.37. The highest BCUT2D eigenvalue weighted by Crippen LogP contribution is 2.19. The molecule has 4 heterocycles. The number of hydrogen-bond acceptors (Lipinski definition) is 5. The Morgan fingerprint density at radius 3 is 2.92 bits per heavy atom. The predicted octanol–water partition coefficient (Wildman–Crippen LogP) is 2.29. The van der Waals surface area contributed by atoms with Crippen LogP contribution in [0.5, 0.6) is 0 Å². The van der Waals surface area contributed by atoms with E-state index < -0.39 is 0 Å². The molecule has 1 fully saturated rings. The molecule has 0 aromatic carbocycles. The van der Waals surface area contributed by atoms with Crippen molar-refractivity contribution in [2.75, 3.05) is 44.7 Å². The molecule has 1 aliphatic rings. The van der Waals surface area contributed by atoms with Gasteiger partial charge in [-0.3, -0.25) is 4.90 Å². The number of H-pyrrole nitrogens is 1. The summed E-state index contributed by atoms with van der Waals surface area (Å²) in [7, 11) is 0. The summed E-state index contributed by atoms with van der Waals surface area (Å²) in [6.07, 6.45) is 6.65. The number of aromatic nitrogens is 3. The Kier molecular flexibility index (Phi) is 4.90. The van der Waals surface area contributed by atoms with E-state index in [-0.39, 0.29) is 0 Å². The van der Waals surface area contributed by atoms with Gasteiger partial charge in [0, 0.05) is 56.6 Å². The molecule has 6 nitrogen and oxygen atoms in total. The predicted molar refractivity (Wildman–Crippen MR) is 98.9 cm³/mol. The van der Waals surface area contributed by atoms with Crippen LogP contribution in [0.25, 0.3) is 11.0 Å². The van der Waals surface area contributed by atoms with Crippen LogP contribution in [0.3, 0.4) is 0 Å². The van der Waals surface area contributed by atoms with E-state index in [1.54, 1.807) is 0 Å². The van der Waals surface area contributed by atoms with Crippen LogP contribution >= 0.6 is 0 Å². The standard InChI is InChI=1S/C19H23N5O/c1-2-17-16(14-23-19(17)21-5-1)12-15-3-4-18(22-13-15)20-6-7-24-8-10-25-11-9-24/h1-5,13-14H,6-12H2,(H,20,22)(H,21,23). The summed E-state index contributed by atoms with van der Waals surface area (Å²) in [5.41, 5.74) is 3.38. The first-order valence-electron chi connectivity index (χ1n) is 8.78. The van der Waals surface area contributed by atoms with Gasteiger partial charge < -0.3 is 15.0 Å². The van der Waals surface area contributed by atoms with Gasteiger partial charge >= 0.3 is 0 Å². The lowest BCUT2D eigenvalue weighted by atomic mass is 10.1. The number of rotatable bonds is 6. The number of pyridine rings is 2. The van der Waals surface area contributed by atoms with Crippen LogP contribution in [0.1, 0.15) is 11.1 Å². The molecule has 3 aromatic rings. The Morgan fingerprint density at radius 1 is 1.16 bits per heavy atom. The van der Waals surface area contributed by atoms with Gasteiger partial charge in [0.05, 0.1) is 13.2 Å². The Morgan fingerprint density at radius 2 is 2.08 bits per heavy atom. The fraction of sp³-hybridized carbons (Fsp3) is 0.368. The molecule has 3 aromatic heterocycles. The second-order valence-corrected chi connectivity index (χ2v) is 6.32. The van der Waals surface area contributed by atoms with E-state index in [2.05, 4.69) is 43.4 Å². The summed E-state index contributed by atoms with van der Waals surface area (Å²) in [6.45, 7) is 5.66. The fourth-order valence-electron chi connectivity index (χ4n) is 3.18. The van der Waals surface area contributed by atoms with Crippen LogP contribution in [0.2, 0.25) is 0 Å². The first-order valence-corrected chi connectivity index (χ1v) is 8.78. The summed E-state index contributed by atoms with van der Waals surface area (Å²) in [6, 6.07) is 8.27. The van der Waals surface area contributed by atoms with Gasteiger partial charge in [-0.2, -0.15) is 0 Å². The molecule has 0 radical (unpaired) electrons. The van der Waals surface area contributed by atoms with E-state index in [0.29, 0.717) is 0 Å². The normalized spacial score (nSPS) is 15.5. The van der Waals surface area contributed by atoms with Gasteiger partial charge in [0.2, 0.25) is 0 Å². The van der Waals surface area contributed by atoms with E-state index in [1.165, 1.54) is 16.5 Å². The van der Waals surface area contributed by atoms with Gasteiger partial charge in [-0.05, 0) is 29.3 Å². The summed E-state index contributed by atoms with van der Waals surface area (Å²) in [5, 5.41) is 4.57. The summed E-state index contributed by atoms with van der Waals surface area (Å²) in [4.78, 5) is 14.5. The zero-order valence-electron chi connectivity index (χ0n) is 14.2. The maximum Gasteiger partial charge on any atom is 0.137 e. The van der Waals surface area contributed by atoms with Crippen molar-refractivity contribution in [2.45, 2.75) is 6.42 Å². The SMILES string of the molecule is c1cnc2[nH]cc(Cc3ccc(NCCN4CCOCC4)nc3)c2c1.